The molecule has 0 N–H and O–H groups in total. The highest BCUT2D eigenvalue weighted by molar-refractivity contribution is 6.01. The molecule has 0 spiro atoms. The molecule has 0 saturated carbocycles. The fourth-order valence-electron chi connectivity index (χ4n) is 22.2. The van der Waals surface area contributed by atoms with Crippen LogP contribution in [-0.4, -0.2) is 0 Å². The zero-order chi connectivity index (χ0) is 93.5. The molecule has 0 amide bonds. The molecule has 0 saturated heterocycles. The van der Waals surface area contributed by atoms with E-state index < -0.39 is 0 Å². The first-order chi connectivity index (χ1) is 69.9. The molecule has 0 heterocycles. The quantitative estimate of drug-likeness (QED) is 0.0960. The monoisotopic (exact) mass is 1790 g/mol. The summed E-state index contributed by atoms with van der Waals surface area (Å²) in [4.78, 5) is 0. The molecule has 0 radical (unpaired) electrons. The number of fused-ring (bicyclic) bond motifs is 12. The van der Waals surface area contributed by atoms with E-state index in [1.807, 2.05) is 0 Å². The van der Waals surface area contributed by atoms with Crippen LogP contribution in [0.4, 0.5) is 0 Å². The van der Waals surface area contributed by atoms with Crippen LogP contribution in [0.5, 0.6) is 0 Å². The summed E-state index contributed by atoms with van der Waals surface area (Å²) >= 11 is 0. The van der Waals surface area contributed by atoms with E-state index >= 15 is 0 Å². The highest BCUT2D eigenvalue weighted by atomic mass is 14.4. The first-order valence-electron chi connectivity index (χ1n) is 49.1. The lowest BCUT2D eigenvalue weighted by Gasteiger charge is -2.15. The highest BCUT2D eigenvalue weighted by Crippen LogP contribution is 2.53. The summed E-state index contributed by atoms with van der Waals surface area (Å²) in [5.41, 5.74) is 50.0. The molecule has 141 heavy (non-hydrogen) atoms. The van der Waals surface area contributed by atoms with Crippen molar-refractivity contribution in [3.8, 4) is 167 Å². The van der Waals surface area contributed by atoms with E-state index in [1.54, 1.807) is 0 Å². The van der Waals surface area contributed by atoms with Crippen LogP contribution in [0.3, 0.4) is 0 Å². The van der Waals surface area contributed by atoms with Gasteiger partial charge in [0.25, 0.3) is 0 Å². The normalized spacial score (nSPS) is 12.2. The van der Waals surface area contributed by atoms with E-state index in [4.69, 9.17) is 0 Å². The molecule has 0 heteroatoms. The maximum Gasteiger partial charge on any atom is 0.0352 e. The Bertz CT molecular complexity index is 8530. The van der Waals surface area contributed by atoms with Crippen molar-refractivity contribution < 1.29 is 0 Å². The largest absolute Gasteiger partial charge is 0.0622 e. The second kappa shape index (κ2) is 37.3. The van der Waals surface area contributed by atoms with Gasteiger partial charge in [0, 0.05) is 17.8 Å². The number of hydrogen-bond donors (Lipinski definition) is 0. The Labute approximate surface area is 825 Å². The van der Waals surface area contributed by atoms with Crippen molar-refractivity contribution in [2.45, 2.75) is 17.8 Å². The van der Waals surface area contributed by atoms with Crippen molar-refractivity contribution >= 4 is 32.3 Å². The molecule has 24 aromatic rings. The predicted molar refractivity (Wildman–Crippen MR) is 596 cm³/mol. The number of hydrogen-bond acceptors (Lipinski definition) is 0. The fraction of sp³-hybridized carbons (Fsp3) is 0.0213. The lowest BCUT2D eigenvalue weighted by atomic mass is 9.88. The van der Waals surface area contributed by atoms with Gasteiger partial charge in [0.05, 0.1) is 0 Å². The van der Waals surface area contributed by atoms with Crippen molar-refractivity contribution in [2.24, 2.45) is 0 Å². The Morgan fingerprint density at radius 1 is 0.0922 bits per heavy atom. The van der Waals surface area contributed by atoms with Gasteiger partial charge in [-0.05, 0) is 328 Å². The lowest BCUT2D eigenvalue weighted by molar-refractivity contribution is 1.02. The van der Waals surface area contributed by atoms with E-state index in [2.05, 4.69) is 564 Å². The predicted octanol–water partition coefficient (Wildman–Crippen LogP) is 38.0. The average molecular weight is 1790 g/mol. The molecule has 0 nitrogen and oxygen atoms in total. The van der Waals surface area contributed by atoms with Crippen molar-refractivity contribution in [3.05, 3.63) is 614 Å². The molecule has 660 valence electrons. The third-order valence-corrected chi connectivity index (χ3v) is 29.2. The molecule has 0 unspecified atom stereocenters. The molecule has 3 aliphatic carbocycles. The summed E-state index contributed by atoms with van der Waals surface area (Å²) < 4.78 is 0. The van der Waals surface area contributed by atoms with E-state index in [1.165, 1.54) is 249 Å². The fourth-order valence-corrected chi connectivity index (χ4v) is 22.2. The molecular weight excluding hydrogens is 1690 g/mol. The van der Waals surface area contributed by atoms with E-state index in [0.29, 0.717) is 0 Å². The smallest absolute Gasteiger partial charge is 0.0352 e. The minimum absolute atomic E-state index is 0.267. The Kier molecular flexibility index (Phi) is 22.4. The third kappa shape index (κ3) is 16.7. The van der Waals surface area contributed by atoms with Gasteiger partial charge in [-0.1, -0.05) is 485 Å². The van der Waals surface area contributed by atoms with E-state index in [9.17, 15) is 0 Å². The average Bonchev–Trinajstić information content (AvgIpc) is 1.59. The first kappa shape index (κ1) is 84.8. The zero-order valence-corrected chi connectivity index (χ0v) is 77.9. The zero-order valence-electron chi connectivity index (χ0n) is 77.9. The molecule has 0 atom stereocenters. The Morgan fingerprint density at radius 2 is 0.277 bits per heavy atom. The van der Waals surface area contributed by atoms with Gasteiger partial charge in [0.15, 0.2) is 0 Å². The first-order valence-corrected chi connectivity index (χ1v) is 49.1. The molecule has 27 rings (SSSR count). The standard InChI is InChI=1S/C53H36.C47H32.C41H28/c1-3-12-36(13-4-1)46-33-47(37-14-5-2-6-15-37)35-48(34-46)41-17-11-16-40(30-41)43-28-29-44-31-42(26-27-45(44)32-43)38-22-24-39(25-23-38)53-51-20-9-7-18-49(51)50-19-8-10-21-52(50)53;1-3-11-32(12-4-1)40-29-41(33-13-5-2-6-14-33)31-42(30-40)39-26-25-37-27-36(23-24-38(37)28-39)34-19-21-35(22-20-34)47-45-17-9-7-15-43(45)44-16-8-10-18-46(44)47;1-2-10-28(11-3-1)34-26-33-12-4-5-13-35(33)40(27-34)31-22-18-29(19-23-31)30-20-24-32(25-21-30)41-38-16-8-6-14-36(38)37-15-7-9-17-39(37)41/h1-35,53H;1-31,47H;1-27,41H. The Hall–Kier alpha value is -17.9. The van der Waals surface area contributed by atoms with Crippen LogP contribution >= 0.6 is 0 Å². The topological polar surface area (TPSA) is 0 Å². The van der Waals surface area contributed by atoms with Gasteiger partial charge in [0.2, 0.25) is 0 Å². The van der Waals surface area contributed by atoms with Crippen LogP contribution in [0.1, 0.15) is 67.8 Å². The van der Waals surface area contributed by atoms with Gasteiger partial charge in [0.1, 0.15) is 0 Å². The second-order valence-corrected chi connectivity index (χ2v) is 37.6. The molecule has 0 fully saturated rings. The maximum atomic E-state index is 2.33. The van der Waals surface area contributed by atoms with Gasteiger partial charge in [-0.3, -0.25) is 0 Å². The third-order valence-electron chi connectivity index (χ3n) is 29.2. The van der Waals surface area contributed by atoms with Gasteiger partial charge in [-0.15, -0.1) is 0 Å². The molecular formula is C141H96. The SMILES string of the molecule is c1ccc(-c2cc(-c3ccc(-c4ccc(C5c6ccccc6-c6ccccc65)cc4)cc3)c3ccccc3c2)cc1.c1ccc(-c2cc(-c3ccccc3)cc(-c3ccc4cc(-c5ccc(C6c7ccccc7-c7ccccc76)cc5)ccc4c3)c2)cc1.c1ccc(-c2cc(-c3ccccc3)cc(-c3cccc(-c4ccc5cc(-c6ccc(C7c8ccccc8-c8ccccc87)cc6)ccc5c4)c3)c2)cc1. The van der Waals surface area contributed by atoms with Crippen LogP contribution in [0.15, 0.2) is 564 Å². The summed E-state index contributed by atoms with van der Waals surface area (Å²) in [6.45, 7) is 0. The van der Waals surface area contributed by atoms with E-state index in [-0.39, 0.29) is 17.8 Å². The molecule has 0 aromatic heterocycles. The molecule has 24 aromatic carbocycles. The summed E-state index contributed by atoms with van der Waals surface area (Å²) in [5.74, 6) is 0.821. The molecule has 0 bridgehead atoms. The van der Waals surface area contributed by atoms with Gasteiger partial charge >= 0.3 is 0 Å². The summed E-state index contributed by atoms with van der Waals surface area (Å²) in [6.07, 6.45) is 0. The van der Waals surface area contributed by atoms with Gasteiger partial charge < -0.3 is 0 Å². The maximum absolute atomic E-state index is 2.33. The number of benzene rings is 24. The van der Waals surface area contributed by atoms with Crippen LogP contribution in [-0.2, 0) is 0 Å². The van der Waals surface area contributed by atoms with Crippen molar-refractivity contribution in [1.82, 2.24) is 0 Å². The summed E-state index contributed by atoms with van der Waals surface area (Å²) in [5, 5.41) is 7.52. The van der Waals surface area contributed by atoms with Crippen LogP contribution in [0.2, 0.25) is 0 Å². The second-order valence-electron chi connectivity index (χ2n) is 37.6. The van der Waals surface area contributed by atoms with Crippen LogP contribution in [0, 0.1) is 0 Å². The van der Waals surface area contributed by atoms with Gasteiger partial charge in [-0.2, -0.15) is 0 Å². The minimum atomic E-state index is 0.267. The highest BCUT2D eigenvalue weighted by Gasteiger charge is 2.33. The van der Waals surface area contributed by atoms with Crippen LogP contribution < -0.4 is 0 Å². The Balaban J connectivity index is 0.000000112. The molecule has 3 aliphatic rings. The lowest BCUT2D eigenvalue weighted by Crippen LogP contribution is -1.98. The van der Waals surface area contributed by atoms with Crippen LogP contribution in [0.25, 0.3) is 199 Å². The van der Waals surface area contributed by atoms with Crippen molar-refractivity contribution in [1.29, 1.82) is 0 Å². The van der Waals surface area contributed by atoms with E-state index in [0.717, 1.165) is 0 Å². The van der Waals surface area contributed by atoms with Crippen molar-refractivity contribution in [3.63, 3.8) is 0 Å². The minimum Gasteiger partial charge on any atom is -0.0622 e. The molecule has 0 aliphatic heterocycles. The Morgan fingerprint density at radius 3 is 0.589 bits per heavy atom. The summed E-state index contributed by atoms with van der Waals surface area (Å²) in [6, 6.07) is 207. The van der Waals surface area contributed by atoms with Gasteiger partial charge in [-0.25, -0.2) is 0 Å². The number of rotatable bonds is 15. The van der Waals surface area contributed by atoms with Crippen molar-refractivity contribution in [2.75, 3.05) is 0 Å². The summed E-state index contributed by atoms with van der Waals surface area (Å²) in [7, 11) is 0.